The Hall–Kier alpha value is -0.0800. The van der Waals surface area contributed by atoms with Gasteiger partial charge in [-0.1, -0.05) is 0 Å². The predicted octanol–water partition coefficient (Wildman–Crippen LogP) is 1.36. The largest absolute Gasteiger partial charge is 0.374 e. The number of ketones is 1. The van der Waals surface area contributed by atoms with Crippen LogP contribution >= 0.6 is 11.6 Å². The SMILES string of the molecule is O=C(CCl)C1CC2CCC1O2. The number of hydrogen-bond acceptors (Lipinski definition) is 2. The average Bonchev–Trinajstić information content (AvgIpc) is 2.62. The molecule has 2 aliphatic rings. The topological polar surface area (TPSA) is 26.3 Å². The van der Waals surface area contributed by atoms with Crippen molar-refractivity contribution in [1.82, 2.24) is 0 Å². The molecule has 2 rings (SSSR count). The molecule has 3 atom stereocenters. The van der Waals surface area contributed by atoms with Gasteiger partial charge in [-0.25, -0.2) is 0 Å². The summed E-state index contributed by atoms with van der Waals surface area (Å²) in [5.74, 6) is 0.433. The van der Waals surface area contributed by atoms with E-state index in [-0.39, 0.29) is 23.7 Å². The van der Waals surface area contributed by atoms with Gasteiger partial charge in [0.15, 0.2) is 5.78 Å². The van der Waals surface area contributed by atoms with Gasteiger partial charge in [0, 0.05) is 5.92 Å². The molecule has 0 aromatic heterocycles. The molecule has 2 nitrogen and oxygen atoms in total. The van der Waals surface area contributed by atoms with Crippen LogP contribution in [-0.4, -0.2) is 23.9 Å². The fourth-order valence-corrected chi connectivity index (χ4v) is 2.27. The minimum absolute atomic E-state index is 0.117. The van der Waals surface area contributed by atoms with E-state index < -0.39 is 0 Å². The lowest BCUT2D eigenvalue weighted by Gasteiger charge is -2.15. The molecular formula is C8H11ClO2. The molecule has 62 valence electrons. The van der Waals surface area contributed by atoms with Crippen molar-refractivity contribution in [2.24, 2.45) is 5.92 Å². The lowest BCUT2D eigenvalue weighted by Crippen LogP contribution is -2.26. The van der Waals surface area contributed by atoms with Gasteiger partial charge in [0.05, 0.1) is 18.1 Å². The number of halogens is 1. The second-order valence-corrected chi connectivity index (χ2v) is 3.58. The summed E-state index contributed by atoms with van der Waals surface area (Å²) in [4.78, 5) is 11.2. The van der Waals surface area contributed by atoms with Crippen molar-refractivity contribution < 1.29 is 9.53 Å². The molecule has 0 saturated carbocycles. The van der Waals surface area contributed by atoms with Crippen LogP contribution in [0.3, 0.4) is 0 Å². The van der Waals surface area contributed by atoms with Crippen molar-refractivity contribution in [2.75, 3.05) is 5.88 Å². The summed E-state index contributed by atoms with van der Waals surface area (Å²) >= 11 is 5.46. The molecule has 2 fully saturated rings. The minimum Gasteiger partial charge on any atom is -0.374 e. The quantitative estimate of drug-likeness (QED) is 0.591. The lowest BCUT2D eigenvalue weighted by molar-refractivity contribution is -0.121. The first kappa shape index (κ1) is 7.56. The van der Waals surface area contributed by atoms with Crippen molar-refractivity contribution >= 4 is 17.4 Å². The summed E-state index contributed by atoms with van der Waals surface area (Å²) in [5.41, 5.74) is 0. The lowest BCUT2D eigenvalue weighted by atomic mass is 9.87. The Kier molecular flexibility index (Phi) is 1.90. The first-order valence-corrected chi connectivity index (χ1v) is 4.59. The van der Waals surface area contributed by atoms with E-state index in [4.69, 9.17) is 16.3 Å². The van der Waals surface area contributed by atoms with Gasteiger partial charge in [0.25, 0.3) is 0 Å². The Balaban J connectivity index is 2.02. The van der Waals surface area contributed by atoms with Crippen LogP contribution in [-0.2, 0) is 9.53 Å². The Morgan fingerprint density at radius 2 is 2.36 bits per heavy atom. The molecule has 3 unspecified atom stereocenters. The van der Waals surface area contributed by atoms with Crippen LogP contribution in [0.5, 0.6) is 0 Å². The smallest absolute Gasteiger partial charge is 0.153 e. The highest BCUT2D eigenvalue weighted by molar-refractivity contribution is 6.28. The van der Waals surface area contributed by atoms with E-state index in [1.165, 1.54) is 0 Å². The number of rotatable bonds is 2. The number of ether oxygens (including phenoxy) is 1. The molecule has 0 radical (unpaired) electrons. The van der Waals surface area contributed by atoms with E-state index in [9.17, 15) is 4.79 Å². The molecule has 2 saturated heterocycles. The zero-order valence-corrected chi connectivity index (χ0v) is 7.01. The highest BCUT2D eigenvalue weighted by Gasteiger charge is 2.43. The standard InChI is InChI=1S/C8H11ClO2/c9-4-7(10)6-3-5-1-2-8(6)11-5/h5-6,8H,1-4H2. The number of hydrogen-bond donors (Lipinski definition) is 0. The van der Waals surface area contributed by atoms with Gasteiger partial charge in [0.2, 0.25) is 0 Å². The third-order valence-corrected chi connectivity index (χ3v) is 2.91. The van der Waals surface area contributed by atoms with Gasteiger partial charge in [-0.2, -0.15) is 0 Å². The molecule has 2 aliphatic heterocycles. The molecule has 2 bridgehead atoms. The van der Waals surface area contributed by atoms with Crippen molar-refractivity contribution in [1.29, 1.82) is 0 Å². The second-order valence-electron chi connectivity index (χ2n) is 3.32. The van der Waals surface area contributed by atoms with Crippen LogP contribution in [0.25, 0.3) is 0 Å². The van der Waals surface area contributed by atoms with E-state index in [2.05, 4.69) is 0 Å². The Bertz CT molecular complexity index is 181. The van der Waals surface area contributed by atoms with Crippen LogP contribution < -0.4 is 0 Å². The van der Waals surface area contributed by atoms with Crippen molar-refractivity contribution in [3.8, 4) is 0 Å². The number of carbonyl (C=O) groups is 1. The monoisotopic (exact) mass is 174 g/mol. The Labute approximate surface area is 70.9 Å². The molecule has 11 heavy (non-hydrogen) atoms. The molecule has 0 aromatic rings. The molecule has 3 heteroatoms. The molecular weight excluding hydrogens is 164 g/mol. The van der Waals surface area contributed by atoms with E-state index in [0.29, 0.717) is 6.10 Å². The highest BCUT2D eigenvalue weighted by Crippen LogP contribution is 2.39. The zero-order valence-electron chi connectivity index (χ0n) is 6.25. The molecule has 0 aromatic carbocycles. The Morgan fingerprint density at radius 3 is 2.82 bits per heavy atom. The first-order chi connectivity index (χ1) is 5.31. The fourth-order valence-electron chi connectivity index (χ4n) is 2.08. The zero-order chi connectivity index (χ0) is 7.84. The maximum absolute atomic E-state index is 11.2. The molecule has 0 spiro atoms. The second kappa shape index (κ2) is 2.76. The van der Waals surface area contributed by atoms with E-state index in [1.807, 2.05) is 0 Å². The number of carbonyl (C=O) groups excluding carboxylic acids is 1. The van der Waals surface area contributed by atoms with Crippen LogP contribution in [0.15, 0.2) is 0 Å². The van der Waals surface area contributed by atoms with Crippen molar-refractivity contribution in [3.63, 3.8) is 0 Å². The highest BCUT2D eigenvalue weighted by atomic mass is 35.5. The Morgan fingerprint density at radius 1 is 1.55 bits per heavy atom. The minimum atomic E-state index is 0.117. The van der Waals surface area contributed by atoms with E-state index in [0.717, 1.165) is 19.3 Å². The predicted molar refractivity (Wildman–Crippen MR) is 41.7 cm³/mol. The van der Waals surface area contributed by atoms with Crippen molar-refractivity contribution in [3.05, 3.63) is 0 Å². The van der Waals surface area contributed by atoms with Crippen molar-refractivity contribution in [2.45, 2.75) is 31.5 Å². The van der Waals surface area contributed by atoms with Crippen LogP contribution in [0.4, 0.5) is 0 Å². The molecule has 0 amide bonds. The number of Topliss-reactive ketones (excluding diaryl/α,β-unsaturated/α-hetero) is 1. The summed E-state index contributed by atoms with van der Waals surface area (Å²) in [6.45, 7) is 0. The summed E-state index contributed by atoms with van der Waals surface area (Å²) in [7, 11) is 0. The third kappa shape index (κ3) is 1.18. The number of alkyl halides is 1. The maximum Gasteiger partial charge on any atom is 0.153 e. The first-order valence-electron chi connectivity index (χ1n) is 4.05. The third-order valence-electron chi connectivity index (χ3n) is 2.65. The average molecular weight is 175 g/mol. The van der Waals surface area contributed by atoms with Crippen LogP contribution in [0.2, 0.25) is 0 Å². The summed E-state index contributed by atoms with van der Waals surface area (Å²) < 4.78 is 5.53. The molecule has 0 aliphatic carbocycles. The summed E-state index contributed by atoms with van der Waals surface area (Å²) in [6.07, 6.45) is 3.66. The molecule has 0 N–H and O–H groups in total. The van der Waals surface area contributed by atoms with Gasteiger partial charge >= 0.3 is 0 Å². The summed E-state index contributed by atoms with van der Waals surface area (Å²) in [5, 5.41) is 0. The van der Waals surface area contributed by atoms with Crippen LogP contribution in [0, 0.1) is 5.92 Å². The van der Waals surface area contributed by atoms with Gasteiger partial charge in [-0.3, -0.25) is 4.79 Å². The maximum atomic E-state index is 11.2. The number of fused-ring (bicyclic) bond motifs is 2. The van der Waals surface area contributed by atoms with Gasteiger partial charge in [0.1, 0.15) is 0 Å². The van der Waals surface area contributed by atoms with Gasteiger partial charge in [-0.05, 0) is 19.3 Å². The normalized spacial score (nSPS) is 41.4. The van der Waals surface area contributed by atoms with Gasteiger partial charge < -0.3 is 4.74 Å². The van der Waals surface area contributed by atoms with E-state index >= 15 is 0 Å². The van der Waals surface area contributed by atoms with Gasteiger partial charge in [-0.15, -0.1) is 11.6 Å². The molecule has 2 heterocycles. The van der Waals surface area contributed by atoms with E-state index in [1.54, 1.807) is 0 Å². The fraction of sp³-hybridized carbons (Fsp3) is 0.875. The summed E-state index contributed by atoms with van der Waals surface area (Å²) in [6, 6.07) is 0. The van der Waals surface area contributed by atoms with Crippen LogP contribution in [0.1, 0.15) is 19.3 Å².